The lowest BCUT2D eigenvalue weighted by Gasteiger charge is -2.33. The van der Waals surface area contributed by atoms with Gasteiger partial charge < -0.3 is 19.9 Å². The fraction of sp³-hybridized carbons (Fsp3) is 0.207. The summed E-state index contributed by atoms with van der Waals surface area (Å²) in [5.41, 5.74) is 4.37. The van der Waals surface area contributed by atoms with Crippen molar-refractivity contribution in [2.45, 2.75) is 32.0 Å². The van der Waals surface area contributed by atoms with Crippen LogP contribution in [0.15, 0.2) is 72.8 Å². The number of rotatable bonds is 5. The summed E-state index contributed by atoms with van der Waals surface area (Å²) >= 11 is 0. The predicted molar refractivity (Wildman–Crippen MR) is 140 cm³/mol. The average molecular weight is 495 g/mol. The summed E-state index contributed by atoms with van der Waals surface area (Å²) in [5.74, 6) is -0.0309. The quantitative estimate of drug-likeness (QED) is 0.398. The molecule has 2 N–H and O–H groups in total. The van der Waals surface area contributed by atoms with Gasteiger partial charge in [0, 0.05) is 35.1 Å². The molecule has 0 aliphatic carbocycles. The second-order valence-electron chi connectivity index (χ2n) is 9.33. The molecule has 1 fully saturated rings. The van der Waals surface area contributed by atoms with Crippen LogP contribution in [0, 0.1) is 0 Å². The Hall–Kier alpha value is -4.59. The van der Waals surface area contributed by atoms with Crippen LogP contribution in [-0.4, -0.2) is 40.9 Å². The van der Waals surface area contributed by atoms with Gasteiger partial charge in [0.2, 0.25) is 0 Å². The third kappa shape index (κ3) is 3.56. The number of anilines is 1. The number of ether oxygens (including phenoxy) is 1. The number of nitrogens with one attached hydrogen (secondary N) is 2. The fourth-order valence-corrected chi connectivity index (χ4v) is 5.56. The van der Waals surface area contributed by atoms with Crippen LogP contribution in [0.2, 0.25) is 0 Å². The normalized spacial score (nSPS) is 18.6. The molecule has 8 heteroatoms. The first-order valence-corrected chi connectivity index (χ1v) is 12.2. The molecule has 0 spiro atoms. The van der Waals surface area contributed by atoms with Crippen LogP contribution >= 0.6 is 0 Å². The van der Waals surface area contributed by atoms with E-state index < -0.39 is 12.1 Å². The standard InChI is InChI=1S/C29H26N4O4/c1-17-26-21(19-10-4-6-12-22(19)31-26)15-24-28(35)33(29(36)32(17)24)23-13-7-5-11-20(23)27(34)30-16-18-9-3-8-14-25(18)37-2/h3-14,17,24,31H,15-16H2,1-2H3,(H,30,34)/t17?,24-/m0/s1. The zero-order valence-corrected chi connectivity index (χ0v) is 20.5. The first-order valence-electron chi connectivity index (χ1n) is 12.2. The predicted octanol–water partition coefficient (Wildman–Crippen LogP) is 4.56. The summed E-state index contributed by atoms with van der Waals surface area (Å²) in [6.45, 7) is 2.17. The summed E-state index contributed by atoms with van der Waals surface area (Å²) in [6, 6.07) is 20.8. The van der Waals surface area contributed by atoms with E-state index in [1.807, 2.05) is 55.5 Å². The van der Waals surface area contributed by atoms with Crippen LogP contribution in [0.3, 0.4) is 0 Å². The second kappa shape index (κ2) is 8.81. The van der Waals surface area contributed by atoms with Gasteiger partial charge in [0.25, 0.3) is 11.8 Å². The average Bonchev–Trinajstić information content (AvgIpc) is 3.42. The monoisotopic (exact) mass is 494 g/mol. The molecule has 1 saturated heterocycles. The molecule has 4 amide bonds. The number of hydrogen-bond donors (Lipinski definition) is 2. The number of para-hydroxylation sites is 3. The fourth-order valence-electron chi connectivity index (χ4n) is 5.56. The molecule has 6 rings (SSSR count). The summed E-state index contributed by atoms with van der Waals surface area (Å²) in [7, 11) is 1.58. The molecule has 1 unspecified atom stereocenters. The number of urea groups is 1. The van der Waals surface area contributed by atoms with Crippen molar-refractivity contribution in [2.24, 2.45) is 0 Å². The van der Waals surface area contributed by atoms with E-state index in [9.17, 15) is 14.4 Å². The van der Waals surface area contributed by atoms with E-state index in [1.165, 1.54) is 0 Å². The van der Waals surface area contributed by atoms with Crippen molar-refractivity contribution in [1.29, 1.82) is 0 Å². The molecule has 2 atom stereocenters. The number of aromatic amines is 1. The Bertz CT molecular complexity index is 1560. The number of amides is 4. The van der Waals surface area contributed by atoms with E-state index in [4.69, 9.17) is 4.74 Å². The van der Waals surface area contributed by atoms with E-state index in [0.717, 1.165) is 32.6 Å². The van der Waals surface area contributed by atoms with Crippen LogP contribution in [0.25, 0.3) is 10.9 Å². The molecular weight excluding hydrogens is 468 g/mol. The molecule has 0 bridgehead atoms. The molecule has 3 aromatic carbocycles. The van der Waals surface area contributed by atoms with Crippen LogP contribution in [0.4, 0.5) is 10.5 Å². The van der Waals surface area contributed by atoms with Crippen molar-refractivity contribution < 1.29 is 19.1 Å². The number of hydrogen-bond acceptors (Lipinski definition) is 4. The van der Waals surface area contributed by atoms with E-state index in [2.05, 4.69) is 10.3 Å². The maximum Gasteiger partial charge on any atom is 0.332 e. The molecule has 1 aromatic heterocycles. The highest BCUT2D eigenvalue weighted by atomic mass is 16.5. The Morgan fingerprint density at radius 1 is 1.03 bits per heavy atom. The lowest BCUT2D eigenvalue weighted by atomic mass is 9.93. The van der Waals surface area contributed by atoms with Crippen LogP contribution < -0.4 is 15.0 Å². The second-order valence-corrected chi connectivity index (χ2v) is 9.33. The Kier molecular flexibility index (Phi) is 5.44. The van der Waals surface area contributed by atoms with Gasteiger partial charge in [-0.05, 0) is 36.8 Å². The first-order chi connectivity index (χ1) is 18.0. The topological polar surface area (TPSA) is 94.7 Å². The lowest BCUT2D eigenvalue weighted by molar-refractivity contribution is -0.120. The Morgan fingerprint density at radius 3 is 2.59 bits per heavy atom. The minimum atomic E-state index is -0.626. The van der Waals surface area contributed by atoms with Gasteiger partial charge in [0.1, 0.15) is 11.8 Å². The SMILES string of the molecule is COc1ccccc1CNC(=O)c1ccccc1N1C(=O)[C@@H]2Cc3c([nH]c4ccccc34)C(C)N2C1=O. The third-order valence-corrected chi connectivity index (χ3v) is 7.35. The van der Waals surface area contributed by atoms with Gasteiger partial charge in [-0.2, -0.15) is 0 Å². The summed E-state index contributed by atoms with van der Waals surface area (Å²) in [6.07, 6.45) is 0.424. The maximum atomic E-state index is 13.7. The number of H-pyrrole nitrogens is 1. The molecule has 2 aliphatic rings. The summed E-state index contributed by atoms with van der Waals surface area (Å²) in [5, 5.41) is 3.97. The van der Waals surface area contributed by atoms with Gasteiger partial charge in [-0.3, -0.25) is 9.59 Å². The molecule has 0 saturated carbocycles. The number of imide groups is 1. The van der Waals surface area contributed by atoms with Gasteiger partial charge in [0.05, 0.1) is 24.4 Å². The zero-order chi connectivity index (χ0) is 25.7. The number of benzene rings is 3. The highest BCUT2D eigenvalue weighted by Crippen LogP contribution is 2.42. The Balaban J connectivity index is 1.30. The van der Waals surface area contributed by atoms with Gasteiger partial charge >= 0.3 is 6.03 Å². The van der Waals surface area contributed by atoms with Gasteiger partial charge in [0.15, 0.2) is 0 Å². The number of aromatic nitrogens is 1. The third-order valence-electron chi connectivity index (χ3n) is 7.35. The van der Waals surface area contributed by atoms with E-state index in [0.29, 0.717) is 12.2 Å². The lowest BCUT2D eigenvalue weighted by Crippen LogP contribution is -2.42. The molecule has 186 valence electrons. The molecule has 0 radical (unpaired) electrons. The van der Waals surface area contributed by atoms with Crippen molar-refractivity contribution in [3.8, 4) is 5.75 Å². The van der Waals surface area contributed by atoms with Crippen molar-refractivity contribution in [2.75, 3.05) is 12.0 Å². The van der Waals surface area contributed by atoms with Crippen LogP contribution in [0.1, 0.15) is 40.1 Å². The van der Waals surface area contributed by atoms with Crippen molar-refractivity contribution in [3.05, 3.63) is 95.2 Å². The highest BCUT2D eigenvalue weighted by molar-refractivity contribution is 6.24. The molecular formula is C29H26N4O4. The van der Waals surface area contributed by atoms with Crippen LogP contribution in [0.5, 0.6) is 5.75 Å². The van der Waals surface area contributed by atoms with Gasteiger partial charge in [-0.15, -0.1) is 0 Å². The number of carbonyl (C=O) groups excluding carboxylic acids is 3. The van der Waals surface area contributed by atoms with E-state index >= 15 is 0 Å². The smallest absolute Gasteiger partial charge is 0.332 e. The molecule has 8 nitrogen and oxygen atoms in total. The summed E-state index contributed by atoms with van der Waals surface area (Å²) < 4.78 is 5.37. The van der Waals surface area contributed by atoms with Crippen LogP contribution in [-0.2, 0) is 17.8 Å². The zero-order valence-electron chi connectivity index (χ0n) is 20.5. The molecule has 4 aromatic rings. The van der Waals surface area contributed by atoms with Gasteiger partial charge in [-0.25, -0.2) is 9.69 Å². The highest BCUT2D eigenvalue weighted by Gasteiger charge is 2.52. The number of methoxy groups -OCH3 is 1. The molecule has 37 heavy (non-hydrogen) atoms. The van der Waals surface area contributed by atoms with E-state index in [1.54, 1.807) is 36.3 Å². The molecule has 3 heterocycles. The summed E-state index contributed by atoms with van der Waals surface area (Å²) in [4.78, 5) is 46.9. The Morgan fingerprint density at radius 2 is 1.76 bits per heavy atom. The first kappa shape index (κ1) is 22.8. The van der Waals surface area contributed by atoms with Gasteiger partial charge in [-0.1, -0.05) is 48.5 Å². The minimum absolute atomic E-state index is 0.243. The molecule has 2 aliphatic heterocycles. The van der Waals surface area contributed by atoms with Crippen molar-refractivity contribution in [3.63, 3.8) is 0 Å². The van der Waals surface area contributed by atoms with E-state index in [-0.39, 0.29) is 35.7 Å². The Labute approximate surface area is 213 Å². The number of fused-ring (bicyclic) bond motifs is 4. The largest absolute Gasteiger partial charge is 0.496 e. The van der Waals surface area contributed by atoms with Crippen molar-refractivity contribution in [1.82, 2.24) is 15.2 Å². The van der Waals surface area contributed by atoms with Crippen molar-refractivity contribution >= 4 is 34.4 Å². The number of carbonyl (C=O) groups is 3. The minimum Gasteiger partial charge on any atom is -0.496 e. The maximum absolute atomic E-state index is 13.7. The number of nitrogens with zero attached hydrogens (tertiary/aromatic N) is 2.